The number of aromatic hydroxyl groups is 1. The van der Waals surface area contributed by atoms with E-state index in [0.717, 1.165) is 24.9 Å². The molecule has 0 spiro atoms. The molecule has 1 amide bonds. The van der Waals surface area contributed by atoms with Gasteiger partial charge in [-0.15, -0.1) is 0 Å². The quantitative estimate of drug-likeness (QED) is 0.899. The Morgan fingerprint density at radius 3 is 2.92 bits per heavy atom. The molecule has 5 heteroatoms. The lowest BCUT2D eigenvalue weighted by Crippen LogP contribution is -2.67. The lowest BCUT2D eigenvalue weighted by molar-refractivity contribution is 0.00532. The maximum Gasteiger partial charge on any atom is 0.254 e. The molecule has 4 rings (SSSR count). The Labute approximate surface area is 152 Å². The van der Waals surface area contributed by atoms with Crippen LogP contribution in [0.3, 0.4) is 0 Å². The summed E-state index contributed by atoms with van der Waals surface area (Å²) >= 11 is 1.55. The van der Waals surface area contributed by atoms with Crippen molar-refractivity contribution in [3.05, 3.63) is 51.7 Å². The number of benzene rings is 1. The van der Waals surface area contributed by atoms with Crippen LogP contribution >= 0.6 is 11.3 Å². The SMILES string of the molecule is CN1CC[C@]2(C)c3cc(O)ccc3C[C@@H]1[C@H]2N(C)C(=O)c1ccsc1. The van der Waals surface area contributed by atoms with Gasteiger partial charge < -0.3 is 14.9 Å². The number of thiophene rings is 1. The smallest absolute Gasteiger partial charge is 0.254 e. The highest BCUT2D eigenvalue weighted by Crippen LogP contribution is 2.47. The van der Waals surface area contributed by atoms with Crippen LogP contribution in [-0.2, 0) is 11.8 Å². The third-order valence-corrected chi connectivity index (χ3v) is 6.89. The predicted molar refractivity (Wildman–Crippen MR) is 100 cm³/mol. The molecule has 2 aliphatic rings. The molecule has 3 atom stereocenters. The van der Waals surface area contributed by atoms with E-state index in [9.17, 15) is 9.90 Å². The molecule has 2 bridgehead atoms. The average Bonchev–Trinajstić information content (AvgIpc) is 3.12. The van der Waals surface area contributed by atoms with E-state index >= 15 is 0 Å². The molecule has 1 saturated heterocycles. The number of likely N-dealkylation sites (tertiary alicyclic amines) is 1. The molecule has 132 valence electrons. The molecule has 4 nitrogen and oxygen atoms in total. The maximum atomic E-state index is 13.0. The van der Waals surface area contributed by atoms with Gasteiger partial charge in [0.25, 0.3) is 5.91 Å². The molecule has 25 heavy (non-hydrogen) atoms. The van der Waals surface area contributed by atoms with Gasteiger partial charge in [0.1, 0.15) is 5.75 Å². The van der Waals surface area contributed by atoms with Crippen molar-refractivity contribution in [2.24, 2.45) is 0 Å². The standard InChI is InChI=1S/C20H24N2O2S/c1-20-7-8-21(2)17(10-13-4-5-15(23)11-16(13)20)18(20)22(3)19(24)14-6-9-25-12-14/h4-6,9,11-12,17-18,23H,7-8,10H2,1-3H3/t17-,18-,20-/m1/s1. The van der Waals surface area contributed by atoms with Gasteiger partial charge in [-0.2, -0.15) is 11.3 Å². The highest BCUT2D eigenvalue weighted by atomic mass is 32.1. The minimum absolute atomic E-state index is 0.0846. The Kier molecular flexibility index (Phi) is 3.89. The summed E-state index contributed by atoms with van der Waals surface area (Å²) in [5.74, 6) is 0.393. The number of rotatable bonds is 2. The molecule has 2 heterocycles. The number of amides is 1. The predicted octanol–water partition coefficient (Wildman–Crippen LogP) is 3.11. The van der Waals surface area contributed by atoms with Crippen LogP contribution in [0.5, 0.6) is 5.75 Å². The summed E-state index contributed by atoms with van der Waals surface area (Å²) in [5, 5.41) is 13.9. The van der Waals surface area contributed by atoms with Crippen LogP contribution in [0.4, 0.5) is 0 Å². The van der Waals surface area contributed by atoms with Crippen LogP contribution in [0.25, 0.3) is 0 Å². The van der Waals surface area contributed by atoms with Gasteiger partial charge in [0.15, 0.2) is 0 Å². The summed E-state index contributed by atoms with van der Waals surface area (Å²) in [6.45, 7) is 3.26. The second-order valence-electron chi connectivity index (χ2n) is 7.63. The number of carbonyl (C=O) groups excluding carboxylic acids is 1. The first-order valence-electron chi connectivity index (χ1n) is 8.74. The Morgan fingerprint density at radius 1 is 1.40 bits per heavy atom. The summed E-state index contributed by atoms with van der Waals surface area (Å²) in [7, 11) is 4.09. The molecular formula is C20H24N2O2S. The van der Waals surface area contributed by atoms with Crippen molar-refractivity contribution >= 4 is 17.2 Å². The van der Waals surface area contributed by atoms with Crippen molar-refractivity contribution in [1.82, 2.24) is 9.80 Å². The minimum Gasteiger partial charge on any atom is -0.508 e. The second kappa shape index (κ2) is 5.85. The van der Waals surface area contributed by atoms with Crippen molar-refractivity contribution in [2.45, 2.75) is 37.3 Å². The molecule has 0 unspecified atom stereocenters. The first kappa shape index (κ1) is 16.6. The van der Waals surface area contributed by atoms with Gasteiger partial charge in [0.05, 0.1) is 11.6 Å². The van der Waals surface area contributed by atoms with E-state index in [4.69, 9.17) is 0 Å². The number of likely N-dealkylation sites (N-methyl/N-ethyl adjacent to an activating group) is 2. The fourth-order valence-corrected chi connectivity index (χ4v) is 5.48. The van der Waals surface area contributed by atoms with E-state index in [1.165, 1.54) is 11.1 Å². The van der Waals surface area contributed by atoms with Crippen LogP contribution in [-0.4, -0.2) is 53.5 Å². The zero-order valence-electron chi connectivity index (χ0n) is 14.9. The van der Waals surface area contributed by atoms with E-state index in [-0.39, 0.29) is 17.4 Å². The largest absolute Gasteiger partial charge is 0.508 e. The van der Waals surface area contributed by atoms with E-state index in [1.54, 1.807) is 17.4 Å². The second-order valence-corrected chi connectivity index (χ2v) is 8.41. The Bertz CT molecular complexity index is 804. The van der Waals surface area contributed by atoms with E-state index in [2.05, 4.69) is 18.9 Å². The topological polar surface area (TPSA) is 43.8 Å². The van der Waals surface area contributed by atoms with Crippen molar-refractivity contribution in [3.63, 3.8) is 0 Å². The number of hydrogen-bond donors (Lipinski definition) is 1. The van der Waals surface area contributed by atoms with Gasteiger partial charge in [0, 0.05) is 23.9 Å². The van der Waals surface area contributed by atoms with Crippen LogP contribution < -0.4 is 0 Å². The Hall–Kier alpha value is -1.85. The van der Waals surface area contributed by atoms with Crippen LogP contribution in [0.1, 0.15) is 34.8 Å². The Balaban J connectivity index is 1.80. The van der Waals surface area contributed by atoms with E-state index in [1.807, 2.05) is 40.9 Å². The lowest BCUT2D eigenvalue weighted by atomic mass is 9.61. The number of hydrogen-bond acceptors (Lipinski definition) is 4. The van der Waals surface area contributed by atoms with Gasteiger partial charge in [-0.3, -0.25) is 4.79 Å². The number of phenols is 1. The molecule has 1 fully saturated rings. The van der Waals surface area contributed by atoms with Crippen molar-refractivity contribution in [3.8, 4) is 5.75 Å². The maximum absolute atomic E-state index is 13.0. The summed E-state index contributed by atoms with van der Waals surface area (Å²) in [5.41, 5.74) is 3.11. The zero-order valence-corrected chi connectivity index (χ0v) is 15.7. The lowest BCUT2D eigenvalue weighted by Gasteiger charge is -2.57. The molecule has 0 saturated carbocycles. The summed E-state index contributed by atoms with van der Waals surface area (Å²) in [6, 6.07) is 8.02. The first-order valence-corrected chi connectivity index (χ1v) is 9.68. The molecule has 1 N–H and O–H groups in total. The van der Waals surface area contributed by atoms with Crippen LogP contribution in [0.15, 0.2) is 35.0 Å². The van der Waals surface area contributed by atoms with E-state index < -0.39 is 0 Å². The summed E-state index contributed by atoms with van der Waals surface area (Å²) in [6.07, 6.45) is 1.88. The van der Waals surface area contributed by atoms with Crippen LogP contribution in [0.2, 0.25) is 0 Å². The minimum atomic E-state index is -0.149. The van der Waals surface area contributed by atoms with Gasteiger partial charge in [-0.25, -0.2) is 0 Å². The molecule has 1 aliphatic carbocycles. The number of piperidine rings is 1. The van der Waals surface area contributed by atoms with Crippen LogP contribution in [0, 0.1) is 0 Å². The fraction of sp³-hybridized carbons (Fsp3) is 0.450. The van der Waals surface area contributed by atoms with Gasteiger partial charge in [-0.1, -0.05) is 13.0 Å². The van der Waals surface area contributed by atoms with Crippen molar-refractivity contribution in [1.29, 1.82) is 0 Å². The fourth-order valence-electron chi connectivity index (χ4n) is 4.85. The number of carbonyl (C=O) groups is 1. The normalized spacial score (nSPS) is 28.4. The van der Waals surface area contributed by atoms with E-state index in [0.29, 0.717) is 11.8 Å². The zero-order chi connectivity index (χ0) is 17.8. The van der Waals surface area contributed by atoms with Crippen molar-refractivity contribution in [2.75, 3.05) is 20.6 Å². The highest BCUT2D eigenvalue weighted by molar-refractivity contribution is 7.08. The average molecular weight is 356 g/mol. The molecule has 0 radical (unpaired) electrons. The van der Waals surface area contributed by atoms with Gasteiger partial charge >= 0.3 is 0 Å². The number of phenolic OH excluding ortho intramolecular Hbond substituents is 1. The van der Waals surface area contributed by atoms with Crippen molar-refractivity contribution < 1.29 is 9.90 Å². The Morgan fingerprint density at radius 2 is 2.20 bits per heavy atom. The number of fused-ring (bicyclic) bond motifs is 4. The molecular weight excluding hydrogens is 332 g/mol. The van der Waals surface area contributed by atoms with Gasteiger partial charge in [-0.05, 0) is 61.1 Å². The highest BCUT2D eigenvalue weighted by Gasteiger charge is 2.52. The molecule has 2 aromatic rings. The summed E-state index contributed by atoms with van der Waals surface area (Å²) < 4.78 is 0. The van der Waals surface area contributed by atoms with Gasteiger partial charge in [0.2, 0.25) is 0 Å². The summed E-state index contributed by atoms with van der Waals surface area (Å²) in [4.78, 5) is 17.4. The third-order valence-electron chi connectivity index (χ3n) is 6.21. The third kappa shape index (κ3) is 2.49. The number of nitrogens with zero attached hydrogens (tertiary/aromatic N) is 2. The first-order chi connectivity index (χ1) is 11.9. The molecule has 1 aromatic heterocycles. The monoisotopic (exact) mass is 356 g/mol. The molecule has 1 aliphatic heterocycles. The molecule has 1 aromatic carbocycles.